The van der Waals surface area contributed by atoms with Crippen molar-refractivity contribution >= 4 is 29.8 Å². The van der Waals surface area contributed by atoms with Crippen LogP contribution in [0.1, 0.15) is 64.5 Å². The minimum Gasteiger partial charge on any atom is -0.445 e. The molecule has 0 heterocycles. The normalized spacial score (nSPS) is 13.9. The molecule has 0 aliphatic carbocycles. The first-order chi connectivity index (χ1) is 24.9. The predicted molar refractivity (Wildman–Crippen MR) is 197 cm³/mol. The number of nitrogens with two attached hydrogens (primary N) is 1. The van der Waals surface area contributed by atoms with E-state index in [2.05, 4.69) is 16.0 Å². The molecule has 52 heavy (non-hydrogen) atoms. The van der Waals surface area contributed by atoms with Crippen LogP contribution in [-0.2, 0) is 41.7 Å². The summed E-state index contributed by atoms with van der Waals surface area (Å²) in [7, 11) is 0. The van der Waals surface area contributed by atoms with E-state index in [1.54, 1.807) is 32.0 Å². The number of carbonyl (C=O) groups excluding carboxylic acids is 5. The topological polar surface area (TPSA) is 186 Å². The summed E-state index contributed by atoms with van der Waals surface area (Å²) in [4.78, 5) is 65.4. The Morgan fingerprint density at radius 3 is 2.12 bits per heavy atom. The van der Waals surface area contributed by atoms with Crippen molar-refractivity contribution in [3.8, 4) is 11.1 Å². The van der Waals surface area contributed by atoms with Gasteiger partial charge in [0.1, 0.15) is 24.2 Å². The third-order valence-corrected chi connectivity index (χ3v) is 8.83. The second kappa shape index (κ2) is 20.7. The minimum absolute atomic E-state index is 0.0147. The van der Waals surface area contributed by atoms with Crippen LogP contribution in [0.3, 0.4) is 0 Å². The first-order valence-corrected chi connectivity index (χ1v) is 17.7. The summed E-state index contributed by atoms with van der Waals surface area (Å²) < 4.78 is 10.3. The highest BCUT2D eigenvalue weighted by atomic mass is 16.6. The van der Waals surface area contributed by atoms with Gasteiger partial charge in [-0.15, -0.1) is 0 Å². The maximum atomic E-state index is 14.3. The Hall–Kier alpha value is -5.07. The van der Waals surface area contributed by atoms with Gasteiger partial charge < -0.3 is 36.3 Å². The summed E-state index contributed by atoms with van der Waals surface area (Å²) in [5.41, 5.74) is 8.25. The molecule has 3 amide bonds. The summed E-state index contributed by atoms with van der Waals surface area (Å²) in [6, 6.07) is 23.7. The molecule has 3 rings (SSSR count). The Balaban J connectivity index is 1.84. The summed E-state index contributed by atoms with van der Waals surface area (Å²) in [6.07, 6.45) is 1.44. The molecular weight excluding hydrogens is 664 g/mol. The monoisotopic (exact) mass is 716 g/mol. The molecule has 4 atom stereocenters. The number of carbonyl (C=O) groups is 5. The summed E-state index contributed by atoms with van der Waals surface area (Å²) in [5, 5.41) is 18.6. The molecule has 12 heteroatoms. The first kappa shape index (κ1) is 41.4. The van der Waals surface area contributed by atoms with Crippen LogP contribution in [0.2, 0.25) is 0 Å². The Bertz CT molecular complexity index is 1620. The van der Waals surface area contributed by atoms with Crippen LogP contribution >= 0.6 is 0 Å². The Morgan fingerprint density at radius 1 is 0.846 bits per heavy atom. The summed E-state index contributed by atoms with van der Waals surface area (Å²) in [5.74, 6) is -4.54. The molecule has 0 aliphatic heterocycles. The molecule has 0 spiro atoms. The van der Waals surface area contributed by atoms with Crippen LogP contribution < -0.4 is 21.7 Å². The number of rotatable bonds is 19. The van der Waals surface area contributed by atoms with E-state index in [1.807, 2.05) is 73.7 Å². The number of unbranched alkanes of at least 4 members (excludes halogenated alkanes) is 2. The van der Waals surface area contributed by atoms with Crippen molar-refractivity contribution in [2.45, 2.75) is 84.0 Å². The van der Waals surface area contributed by atoms with Gasteiger partial charge >= 0.3 is 18.0 Å². The van der Waals surface area contributed by atoms with Gasteiger partial charge in [-0.1, -0.05) is 119 Å². The quantitative estimate of drug-likeness (QED) is 0.0680. The van der Waals surface area contributed by atoms with E-state index < -0.39 is 65.9 Å². The maximum Gasteiger partial charge on any atom is 0.408 e. The number of esters is 2. The molecule has 6 N–H and O–H groups in total. The van der Waals surface area contributed by atoms with Crippen LogP contribution in [0.25, 0.3) is 11.1 Å². The van der Waals surface area contributed by atoms with Gasteiger partial charge in [0.2, 0.25) is 11.8 Å². The lowest BCUT2D eigenvalue weighted by Gasteiger charge is -2.37. The largest absolute Gasteiger partial charge is 0.445 e. The highest BCUT2D eigenvalue weighted by Gasteiger charge is 2.44. The lowest BCUT2D eigenvalue weighted by atomic mass is 9.77. The number of aliphatic hydroxyl groups is 1. The van der Waals surface area contributed by atoms with Gasteiger partial charge in [-0.2, -0.15) is 0 Å². The number of ether oxygens (including phenoxy) is 2. The highest BCUT2D eigenvalue weighted by molar-refractivity contribution is 5.94. The lowest BCUT2D eigenvalue weighted by molar-refractivity contribution is -0.163. The SMILES string of the molecule is CCCCCC(=O)OC(=O)C(NC(=O)[C@@](N)(Cc1ccccc1-c1ccccc1)C(CO)CNC(=O)[C@H](C)NC(=O)OCc1ccccc1)C(C)C. The van der Waals surface area contributed by atoms with Gasteiger partial charge in [0.15, 0.2) is 0 Å². The summed E-state index contributed by atoms with van der Waals surface area (Å²) >= 11 is 0. The Morgan fingerprint density at radius 2 is 1.48 bits per heavy atom. The van der Waals surface area contributed by atoms with Crippen molar-refractivity contribution < 1.29 is 38.6 Å². The van der Waals surface area contributed by atoms with Gasteiger partial charge in [-0.3, -0.25) is 14.4 Å². The molecule has 12 nitrogen and oxygen atoms in total. The zero-order valence-electron chi connectivity index (χ0n) is 30.4. The smallest absolute Gasteiger partial charge is 0.408 e. The van der Waals surface area contributed by atoms with E-state index in [9.17, 15) is 29.1 Å². The fourth-order valence-corrected chi connectivity index (χ4v) is 5.61. The van der Waals surface area contributed by atoms with Gasteiger partial charge in [-0.05, 0) is 41.5 Å². The Kier molecular flexibility index (Phi) is 16.5. The van der Waals surface area contributed by atoms with Crippen LogP contribution in [0, 0.1) is 11.8 Å². The van der Waals surface area contributed by atoms with Gasteiger partial charge in [0.05, 0.1) is 0 Å². The number of alkyl carbamates (subject to hydrolysis) is 1. The molecule has 0 fully saturated rings. The lowest BCUT2D eigenvalue weighted by Crippen LogP contribution is -2.66. The van der Waals surface area contributed by atoms with E-state index >= 15 is 0 Å². The molecule has 3 aromatic rings. The van der Waals surface area contributed by atoms with Crippen molar-refractivity contribution in [2.75, 3.05) is 13.2 Å². The molecular formula is C40H52N4O8. The molecule has 2 unspecified atom stereocenters. The Labute approximate surface area is 305 Å². The average molecular weight is 717 g/mol. The van der Waals surface area contributed by atoms with E-state index in [4.69, 9.17) is 15.2 Å². The van der Waals surface area contributed by atoms with E-state index in [0.29, 0.717) is 12.0 Å². The number of hydrogen-bond donors (Lipinski definition) is 5. The van der Waals surface area contributed by atoms with Crippen LogP contribution in [0.15, 0.2) is 84.9 Å². The molecule has 3 aromatic carbocycles. The van der Waals surface area contributed by atoms with Gasteiger partial charge in [0.25, 0.3) is 0 Å². The zero-order chi connectivity index (χ0) is 38.1. The van der Waals surface area contributed by atoms with E-state index in [0.717, 1.165) is 29.5 Å². The number of benzene rings is 3. The van der Waals surface area contributed by atoms with E-state index in [-0.39, 0.29) is 26.0 Å². The first-order valence-electron chi connectivity index (χ1n) is 17.7. The molecule has 0 saturated carbocycles. The van der Waals surface area contributed by atoms with Gasteiger partial charge in [-0.25, -0.2) is 9.59 Å². The molecule has 0 radical (unpaired) electrons. The highest BCUT2D eigenvalue weighted by Crippen LogP contribution is 2.29. The molecule has 0 aliphatic rings. The van der Waals surface area contributed by atoms with Crippen LogP contribution in [0.4, 0.5) is 4.79 Å². The van der Waals surface area contributed by atoms with Crippen LogP contribution in [-0.4, -0.2) is 65.7 Å². The standard InChI is InChI=1S/C40H52N4O8/c1-5-6-9-22-34(46)52-37(48)35(27(2)3)44-38(49)40(41,23-31-20-14-15-21-33(31)30-18-12-8-13-19-30)32(25-45)24-42-36(47)28(4)43-39(50)51-26-29-16-10-7-11-17-29/h7-8,10-21,27-28,32,35,45H,5-6,9,22-26,41H2,1-4H3,(H,42,47)(H,43,50)(H,44,49)/t28-,32?,35?,40+/m0/s1. The summed E-state index contributed by atoms with van der Waals surface area (Å²) in [6.45, 7) is 5.98. The number of aliphatic hydroxyl groups excluding tert-OH is 1. The van der Waals surface area contributed by atoms with Crippen molar-refractivity contribution in [3.63, 3.8) is 0 Å². The van der Waals surface area contributed by atoms with Crippen molar-refractivity contribution in [1.29, 1.82) is 0 Å². The van der Waals surface area contributed by atoms with Crippen LogP contribution in [0.5, 0.6) is 0 Å². The third kappa shape index (κ3) is 12.3. The molecule has 0 bridgehead atoms. The predicted octanol–water partition coefficient (Wildman–Crippen LogP) is 4.42. The van der Waals surface area contributed by atoms with E-state index in [1.165, 1.54) is 6.92 Å². The van der Waals surface area contributed by atoms with Crippen molar-refractivity contribution in [2.24, 2.45) is 17.6 Å². The zero-order valence-corrected chi connectivity index (χ0v) is 30.4. The second-order valence-electron chi connectivity index (χ2n) is 13.2. The number of hydrogen-bond acceptors (Lipinski definition) is 9. The fraction of sp³-hybridized carbons (Fsp3) is 0.425. The second-order valence-corrected chi connectivity index (χ2v) is 13.2. The minimum atomic E-state index is -1.89. The fourth-order valence-electron chi connectivity index (χ4n) is 5.61. The molecule has 0 saturated heterocycles. The number of nitrogens with one attached hydrogen (secondary N) is 3. The van der Waals surface area contributed by atoms with Crippen molar-refractivity contribution in [1.82, 2.24) is 16.0 Å². The number of amides is 3. The van der Waals surface area contributed by atoms with Gasteiger partial charge in [0, 0.05) is 31.9 Å². The average Bonchev–Trinajstić information content (AvgIpc) is 3.13. The molecule has 0 aromatic heterocycles. The third-order valence-electron chi connectivity index (χ3n) is 8.83. The van der Waals surface area contributed by atoms with Crippen molar-refractivity contribution in [3.05, 3.63) is 96.1 Å². The molecule has 280 valence electrons. The maximum absolute atomic E-state index is 14.3.